The quantitative estimate of drug-likeness (QED) is 0.739. The molecule has 1 aromatic heterocycles. The molecule has 0 bridgehead atoms. The molecule has 1 atom stereocenters. The average molecular weight is 449 g/mol. The van der Waals surface area contributed by atoms with Crippen LogP contribution in [0.5, 0.6) is 0 Å². The molecular weight excluding hydrogens is 412 g/mol. The first-order valence-corrected chi connectivity index (χ1v) is 12.5. The monoisotopic (exact) mass is 448 g/mol. The maximum atomic E-state index is 13.5. The van der Waals surface area contributed by atoms with Gasteiger partial charge in [-0.1, -0.05) is 24.3 Å². The zero-order valence-electron chi connectivity index (χ0n) is 19.9. The Hall–Kier alpha value is -2.44. The van der Waals surface area contributed by atoms with Gasteiger partial charge < -0.3 is 15.7 Å². The number of carbonyl (C=O) groups excluding carboxylic acids is 1. The van der Waals surface area contributed by atoms with Crippen LogP contribution in [0.1, 0.15) is 73.9 Å². The van der Waals surface area contributed by atoms with Crippen molar-refractivity contribution in [3.8, 4) is 11.1 Å². The second-order valence-corrected chi connectivity index (χ2v) is 10.5. The summed E-state index contributed by atoms with van der Waals surface area (Å²) in [6, 6.07) is 9.54. The summed E-state index contributed by atoms with van der Waals surface area (Å²) in [6.45, 7) is 7.06. The van der Waals surface area contributed by atoms with E-state index in [1.807, 2.05) is 18.0 Å². The van der Waals surface area contributed by atoms with Crippen LogP contribution in [0.4, 0.5) is 5.82 Å². The fourth-order valence-electron chi connectivity index (χ4n) is 5.93. The van der Waals surface area contributed by atoms with Crippen LogP contribution in [0.2, 0.25) is 0 Å². The van der Waals surface area contributed by atoms with E-state index in [0.717, 1.165) is 55.3 Å². The lowest BCUT2D eigenvalue weighted by Gasteiger charge is -2.41. The average Bonchev–Trinajstić information content (AvgIpc) is 3.19. The van der Waals surface area contributed by atoms with E-state index in [4.69, 9.17) is 5.73 Å². The Bertz CT molecular complexity index is 1020. The molecular formula is C27H36N4O2. The third-order valence-corrected chi connectivity index (χ3v) is 8.11. The summed E-state index contributed by atoms with van der Waals surface area (Å²) in [5.41, 5.74) is 10.6. The summed E-state index contributed by atoms with van der Waals surface area (Å²) in [5.74, 6) is 0.320. The number of benzene rings is 1. The van der Waals surface area contributed by atoms with Crippen molar-refractivity contribution in [2.45, 2.75) is 83.0 Å². The zero-order valence-corrected chi connectivity index (χ0v) is 19.9. The van der Waals surface area contributed by atoms with Crippen LogP contribution in [-0.2, 0) is 13.0 Å². The largest absolute Gasteiger partial charge is 0.390 e. The van der Waals surface area contributed by atoms with Crippen molar-refractivity contribution in [2.75, 3.05) is 18.8 Å². The predicted molar refractivity (Wildman–Crippen MR) is 131 cm³/mol. The SMILES string of the molecule is C[C@@H]1CCCN1Cc1ccc(-c2cnc(N)c3c2CCN(C2CCC(C)(O)CC2)C3=O)cc1. The molecule has 1 aliphatic carbocycles. The summed E-state index contributed by atoms with van der Waals surface area (Å²) >= 11 is 0. The lowest BCUT2D eigenvalue weighted by Crippen LogP contribution is -2.48. The van der Waals surface area contributed by atoms with E-state index >= 15 is 0 Å². The highest BCUT2D eigenvalue weighted by atomic mass is 16.3. The van der Waals surface area contributed by atoms with E-state index in [0.29, 0.717) is 24.0 Å². The van der Waals surface area contributed by atoms with E-state index in [-0.39, 0.29) is 11.9 Å². The molecule has 5 rings (SSSR count). The number of aromatic nitrogens is 1. The molecule has 176 valence electrons. The molecule has 1 saturated carbocycles. The number of amides is 1. The summed E-state index contributed by atoms with van der Waals surface area (Å²) < 4.78 is 0. The van der Waals surface area contributed by atoms with Crippen LogP contribution in [0.25, 0.3) is 11.1 Å². The highest BCUT2D eigenvalue weighted by Gasteiger charge is 2.37. The molecule has 1 aromatic carbocycles. The molecule has 0 spiro atoms. The number of rotatable bonds is 4. The molecule has 1 saturated heterocycles. The summed E-state index contributed by atoms with van der Waals surface area (Å²) in [4.78, 5) is 22.4. The zero-order chi connectivity index (χ0) is 23.2. The third-order valence-electron chi connectivity index (χ3n) is 8.11. The number of nitrogen functional groups attached to an aromatic ring is 1. The van der Waals surface area contributed by atoms with E-state index in [1.165, 1.54) is 24.9 Å². The molecule has 0 radical (unpaired) electrons. The van der Waals surface area contributed by atoms with E-state index in [9.17, 15) is 9.90 Å². The van der Waals surface area contributed by atoms with Crippen molar-refractivity contribution in [3.63, 3.8) is 0 Å². The topological polar surface area (TPSA) is 82.7 Å². The molecule has 6 nitrogen and oxygen atoms in total. The van der Waals surface area contributed by atoms with Gasteiger partial charge in [0.25, 0.3) is 5.91 Å². The van der Waals surface area contributed by atoms with Gasteiger partial charge in [-0.15, -0.1) is 0 Å². The predicted octanol–water partition coefficient (Wildman–Crippen LogP) is 4.01. The fraction of sp³-hybridized carbons (Fsp3) is 0.556. The Morgan fingerprint density at radius 1 is 1.15 bits per heavy atom. The molecule has 33 heavy (non-hydrogen) atoms. The standard InChI is InChI=1S/C27H36N4O2/c1-18-4-3-14-30(18)17-19-5-7-20(8-6-19)23-16-29-25(28)24-22(23)11-15-31(26(24)32)21-9-12-27(2,33)13-10-21/h5-8,16,18,21,33H,3-4,9-15,17H2,1-2H3,(H2,28,29)/t18-,21?,27?/m1/s1. The van der Waals surface area contributed by atoms with Gasteiger partial charge in [-0.2, -0.15) is 0 Å². The Morgan fingerprint density at radius 2 is 1.88 bits per heavy atom. The van der Waals surface area contributed by atoms with Crippen LogP contribution in [0.3, 0.4) is 0 Å². The second kappa shape index (κ2) is 8.73. The molecule has 3 N–H and O–H groups in total. The van der Waals surface area contributed by atoms with Crippen molar-refractivity contribution in [1.29, 1.82) is 0 Å². The summed E-state index contributed by atoms with van der Waals surface area (Å²) in [5, 5.41) is 10.3. The van der Waals surface area contributed by atoms with Crippen molar-refractivity contribution in [3.05, 3.63) is 47.2 Å². The minimum Gasteiger partial charge on any atom is -0.390 e. The van der Waals surface area contributed by atoms with E-state index in [2.05, 4.69) is 41.1 Å². The van der Waals surface area contributed by atoms with Gasteiger partial charge in [-0.3, -0.25) is 9.69 Å². The smallest absolute Gasteiger partial charge is 0.258 e. The number of hydrogen-bond donors (Lipinski definition) is 2. The number of pyridine rings is 1. The Balaban J connectivity index is 1.37. The van der Waals surface area contributed by atoms with Crippen molar-refractivity contribution in [2.24, 2.45) is 0 Å². The van der Waals surface area contributed by atoms with Gasteiger partial charge >= 0.3 is 0 Å². The maximum absolute atomic E-state index is 13.5. The molecule has 3 heterocycles. The number of carbonyl (C=O) groups is 1. The molecule has 2 aromatic rings. The maximum Gasteiger partial charge on any atom is 0.258 e. The van der Waals surface area contributed by atoms with Crippen LogP contribution < -0.4 is 5.73 Å². The molecule has 2 aliphatic heterocycles. The van der Waals surface area contributed by atoms with Crippen LogP contribution in [-0.4, -0.2) is 56.6 Å². The highest BCUT2D eigenvalue weighted by Crippen LogP contribution is 2.37. The van der Waals surface area contributed by atoms with Gasteiger partial charge in [-0.25, -0.2) is 4.98 Å². The molecule has 6 heteroatoms. The van der Waals surface area contributed by atoms with Crippen molar-refractivity contribution < 1.29 is 9.90 Å². The Labute approximate surface area is 196 Å². The first-order chi connectivity index (χ1) is 15.8. The van der Waals surface area contributed by atoms with Crippen molar-refractivity contribution in [1.82, 2.24) is 14.8 Å². The van der Waals surface area contributed by atoms with Gasteiger partial charge in [-0.05, 0) is 82.0 Å². The lowest BCUT2D eigenvalue weighted by atomic mass is 9.82. The van der Waals surface area contributed by atoms with E-state index < -0.39 is 5.60 Å². The van der Waals surface area contributed by atoms with Gasteiger partial charge in [0.15, 0.2) is 0 Å². The number of nitrogens with zero attached hydrogens (tertiary/aromatic N) is 3. The first-order valence-electron chi connectivity index (χ1n) is 12.5. The van der Waals surface area contributed by atoms with Gasteiger partial charge in [0.2, 0.25) is 0 Å². The van der Waals surface area contributed by atoms with Crippen molar-refractivity contribution >= 4 is 11.7 Å². The molecule has 1 amide bonds. The summed E-state index contributed by atoms with van der Waals surface area (Å²) in [6.07, 6.45) is 8.29. The number of aliphatic hydroxyl groups is 1. The summed E-state index contributed by atoms with van der Waals surface area (Å²) in [7, 11) is 0. The molecule has 0 unspecified atom stereocenters. The van der Waals surface area contributed by atoms with Crippen LogP contribution >= 0.6 is 0 Å². The number of fused-ring (bicyclic) bond motifs is 1. The minimum atomic E-state index is -0.611. The number of hydrogen-bond acceptors (Lipinski definition) is 5. The van der Waals surface area contributed by atoms with E-state index in [1.54, 1.807) is 0 Å². The van der Waals surface area contributed by atoms with Gasteiger partial charge in [0, 0.05) is 36.9 Å². The lowest BCUT2D eigenvalue weighted by molar-refractivity contribution is -0.00423. The third kappa shape index (κ3) is 4.38. The first kappa shape index (κ1) is 22.4. The molecule has 3 aliphatic rings. The van der Waals surface area contributed by atoms with Gasteiger partial charge in [0.1, 0.15) is 5.82 Å². The number of anilines is 1. The Kier molecular flexibility index (Phi) is 5.91. The number of likely N-dealkylation sites (tertiary alicyclic amines) is 1. The fourth-order valence-corrected chi connectivity index (χ4v) is 5.93. The van der Waals surface area contributed by atoms with Crippen LogP contribution in [0.15, 0.2) is 30.5 Å². The minimum absolute atomic E-state index is 0.00529. The second-order valence-electron chi connectivity index (χ2n) is 10.5. The molecule has 2 fully saturated rings. The van der Waals surface area contributed by atoms with Crippen LogP contribution in [0, 0.1) is 0 Å². The normalized spacial score (nSPS) is 28.2. The van der Waals surface area contributed by atoms with Gasteiger partial charge in [0.05, 0.1) is 11.2 Å². The Morgan fingerprint density at radius 3 is 2.55 bits per heavy atom. The highest BCUT2D eigenvalue weighted by molar-refractivity contribution is 6.02. The number of nitrogens with two attached hydrogens (primary N) is 1.